The zero-order chi connectivity index (χ0) is 22.4. The number of halogens is 1. The first-order chi connectivity index (χ1) is 16.2. The van der Waals surface area contributed by atoms with Crippen LogP contribution in [0, 0.1) is 5.82 Å². The van der Waals surface area contributed by atoms with Gasteiger partial charge in [-0.15, -0.1) is 10.2 Å². The standard InChI is InChI=1S/C23H16FN7O2/c24-14-6-8-18(25-11-14)21-29-30-22(33-21)23(32)31-10-9-16-19(27-12-26-16)20(31)17-7-5-13-3-1-2-4-15(13)28-17/h1-8,11-12,20H,9-10H2,(H,26,27)/t20-/m0/s1. The molecule has 162 valence electrons. The molecule has 1 atom stereocenters. The van der Waals surface area contributed by atoms with Crippen molar-refractivity contribution in [2.24, 2.45) is 0 Å². The number of benzene rings is 1. The molecule has 0 saturated carbocycles. The predicted molar refractivity (Wildman–Crippen MR) is 114 cm³/mol. The first kappa shape index (κ1) is 19.2. The Morgan fingerprint density at radius 3 is 2.88 bits per heavy atom. The van der Waals surface area contributed by atoms with Gasteiger partial charge in [-0.25, -0.2) is 14.4 Å². The predicted octanol–water partition coefficient (Wildman–Crippen LogP) is 3.33. The number of carbonyl (C=O) groups excluding carboxylic acids is 1. The molecule has 9 nitrogen and oxygen atoms in total. The Kier molecular flexibility index (Phi) is 4.42. The highest BCUT2D eigenvalue weighted by molar-refractivity contribution is 5.90. The van der Waals surface area contributed by atoms with Crippen LogP contribution in [0.1, 0.15) is 33.8 Å². The summed E-state index contributed by atoms with van der Waals surface area (Å²) in [5, 5.41) is 8.85. The number of imidazole rings is 1. The summed E-state index contributed by atoms with van der Waals surface area (Å²) < 4.78 is 18.8. The van der Waals surface area contributed by atoms with Gasteiger partial charge in [0.2, 0.25) is 0 Å². The SMILES string of the molecule is O=C(c1nnc(-c2ccc(F)cn2)o1)N1CCc2[nH]cnc2[C@@H]1c1ccc2ccccc2n1. The second kappa shape index (κ2) is 7.59. The quantitative estimate of drug-likeness (QED) is 0.457. The molecule has 0 radical (unpaired) electrons. The van der Waals surface area contributed by atoms with E-state index in [4.69, 9.17) is 9.40 Å². The summed E-state index contributed by atoms with van der Waals surface area (Å²) in [6, 6.07) is 13.8. The van der Waals surface area contributed by atoms with Gasteiger partial charge in [0, 0.05) is 24.0 Å². The Labute approximate surface area is 186 Å². The molecule has 0 unspecified atom stereocenters. The number of nitrogens with zero attached hydrogens (tertiary/aromatic N) is 6. The van der Waals surface area contributed by atoms with Gasteiger partial charge < -0.3 is 14.3 Å². The minimum absolute atomic E-state index is 0.0381. The summed E-state index contributed by atoms with van der Waals surface area (Å²) in [5.74, 6) is -1.06. The third-order valence-electron chi connectivity index (χ3n) is 5.64. The lowest BCUT2D eigenvalue weighted by atomic mass is 9.98. The third kappa shape index (κ3) is 3.32. The highest BCUT2D eigenvalue weighted by atomic mass is 19.1. The number of amides is 1. The number of pyridine rings is 2. The molecule has 0 spiro atoms. The van der Waals surface area contributed by atoms with E-state index in [1.807, 2.05) is 36.4 Å². The molecule has 4 aromatic heterocycles. The van der Waals surface area contributed by atoms with Crippen LogP contribution < -0.4 is 0 Å². The molecule has 0 bridgehead atoms. The van der Waals surface area contributed by atoms with Crippen LogP contribution in [0.3, 0.4) is 0 Å². The van der Waals surface area contributed by atoms with Crippen LogP contribution in [-0.2, 0) is 6.42 Å². The number of carbonyl (C=O) groups is 1. The first-order valence-corrected chi connectivity index (χ1v) is 10.3. The number of fused-ring (bicyclic) bond motifs is 2. The Morgan fingerprint density at radius 1 is 1.09 bits per heavy atom. The van der Waals surface area contributed by atoms with Crippen molar-refractivity contribution in [1.29, 1.82) is 0 Å². The zero-order valence-corrected chi connectivity index (χ0v) is 17.1. The minimum Gasteiger partial charge on any atom is -0.411 e. The highest BCUT2D eigenvalue weighted by Gasteiger charge is 2.37. The van der Waals surface area contributed by atoms with E-state index in [-0.39, 0.29) is 17.5 Å². The lowest BCUT2D eigenvalue weighted by Crippen LogP contribution is -2.41. The molecule has 1 N–H and O–H groups in total. The molecule has 5 heterocycles. The smallest absolute Gasteiger partial charge is 0.312 e. The molecular weight excluding hydrogens is 425 g/mol. The number of aromatic amines is 1. The number of rotatable bonds is 3. The molecule has 0 aliphatic carbocycles. The van der Waals surface area contributed by atoms with Crippen LogP contribution in [0.2, 0.25) is 0 Å². The Hall–Kier alpha value is -4.47. The van der Waals surface area contributed by atoms with E-state index >= 15 is 0 Å². The van der Waals surface area contributed by atoms with Gasteiger partial charge in [-0.2, -0.15) is 0 Å². The van der Waals surface area contributed by atoms with Crippen molar-refractivity contribution in [3.05, 3.63) is 89.8 Å². The Balaban J connectivity index is 1.39. The largest absolute Gasteiger partial charge is 0.411 e. The molecule has 1 amide bonds. The van der Waals surface area contributed by atoms with Gasteiger partial charge >= 0.3 is 11.8 Å². The molecule has 33 heavy (non-hydrogen) atoms. The van der Waals surface area contributed by atoms with E-state index in [1.165, 1.54) is 12.1 Å². The van der Waals surface area contributed by atoms with Crippen molar-refractivity contribution in [2.45, 2.75) is 12.5 Å². The monoisotopic (exact) mass is 441 g/mol. The lowest BCUT2D eigenvalue weighted by molar-refractivity contribution is 0.0647. The third-order valence-corrected chi connectivity index (χ3v) is 5.64. The number of hydrogen-bond donors (Lipinski definition) is 1. The number of aromatic nitrogens is 6. The van der Waals surface area contributed by atoms with Gasteiger partial charge in [-0.05, 0) is 24.3 Å². The number of hydrogen-bond acceptors (Lipinski definition) is 7. The van der Waals surface area contributed by atoms with E-state index in [0.717, 1.165) is 28.5 Å². The van der Waals surface area contributed by atoms with Gasteiger partial charge in [0.25, 0.3) is 5.89 Å². The van der Waals surface area contributed by atoms with Gasteiger partial charge in [0.05, 0.1) is 29.4 Å². The summed E-state index contributed by atoms with van der Waals surface area (Å²) in [5.41, 5.74) is 3.49. The van der Waals surface area contributed by atoms with Crippen molar-refractivity contribution in [1.82, 2.24) is 35.0 Å². The molecule has 0 saturated heterocycles. The zero-order valence-electron chi connectivity index (χ0n) is 17.1. The fraction of sp³-hybridized carbons (Fsp3) is 0.130. The Bertz CT molecular complexity index is 1480. The van der Waals surface area contributed by atoms with E-state index in [9.17, 15) is 9.18 Å². The minimum atomic E-state index is -0.517. The molecule has 1 aliphatic rings. The van der Waals surface area contributed by atoms with Crippen molar-refractivity contribution in [3.8, 4) is 11.6 Å². The fourth-order valence-corrected chi connectivity index (χ4v) is 4.07. The molecule has 1 aliphatic heterocycles. The lowest BCUT2D eigenvalue weighted by Gasteiger charge is -2.33. The van der Waals surface area contributed by atoms with Crippen LogP contribution in [0.15, 0.2) is 65.5 Å². The van der Waals surface area contributed by atoms with Crippen LogP contribution in [0.4, 0.5) is 4.39 Å². The van der Waals surface area contributed by atoms with Crippen LogP contribution >= 0.6 is 0 Å². The van der Waals surface area contributed by atoms with Crippen LogP contribution in [0.5, 0.6) is 0 Å². The van der Waals surface area contributed by atoms with E-state index in [0.29, 0.717) is 18.7 Å². The highest BCUT2D eigenvalue weighted by Crippen LogP contribution is 2.34. The topological polar surface area (TPSA) is 114 Å². The summed E-state index contributed by atoms with van der Waals surface area (Å²) >= 11 is 0. The molecule has 5 aromatic rings. The second-order valence-corrected chi connectivity index (χ2v) is 7.62. The normalized spacial score (nSPS) is 15.5. The maximum atomic E-state index is 13.5. The average molecular weight is 441 g/mol. The van der Waals surface area contributed by atoms with Gasteiger partial charge in [-0.1, -0.05) is 24.3 Å². The van der Waals surface area contributed by atoms with Crippen LogP contribution in [-0.4, -0.2) is 47.5 Å². The average Bonchev–Trinajstić information content (AvgIpc) is 3.53. The van der Waals surface area contributed by atoms with E-state index < -0.39 is 17.8 Å². The van der Waals surface area contributed by atoms with Crippen molar-refractivity contribution >= 4 is 16.8 Å². The fourth-order valence-electron chi connectivity index (χ4n) is 4.07. The summed E-state index contributed by atoms with van der Waals surface area (Å²) in [7, 11) is 0. The molecular formula is C23H16FN7O2. The van der Waals surface area contributed by atoms with E-state index in [1.54, 1.807) is 11.2 Å². The summed E-state index contributed by atoms with van der Waals surface area (Å²) in [6.45, 7) is 0.416. The van der Waals surface area contributed by atoms with Gasteiger partial charge in [0.1, 0.15) is 17.6 Å². The molecule has 1 aromatic carbocycles. The Morgan fingerprint density at radius 2 is 2.00 bits per heavy atom. The number of para-hydroxylation sites is 1. The van der Waals surface area contributed by atoms with Crippen molar-refractivity contribution in [2.75, 3.05) is 6.54 Å². The molecule has 0 fully saturated rings. The second-order valence-electron chi connectivity index (χ2n) is 7.62. The maximum Gasteiger partial charge on any atom is 0.312 e. The first-order valence-electron chi connectivity index (χ1n) is 10.3. The van der Waals surface area contributed by atoms with Crippen LogP contribution in [0.25, 0.3) is 22.5 Å². The van der Waals surface area contributed by atoms with Gasteiger partial charge in [0.15, 0.2) is 0 Å². The van der Waals surface area contributed by atoms with Gasteiger partial charge in [-0.3, -0.25) is 9.78 Å². The maximum absolute atomic E-state index is 13.5. The number of H-pyrrole nitrogens is 1. The molecule has 6 rings (SSSR count). The summed E-state index contributed by atoms with van der Waals surface area (Å²) in [6.07, 6.45) is 3.27. The summed E-state index contributed by atoms with van der Waals surface area (Å²) in [4.78, 5) is 31.5. The molecule has 10 heteroatoms. The van der Waals surface area contributed by atoms with Crippen molar-refractivity contribution in [3.63, 3.8) is 0 Å². The number of nitrogens with one attached hydrogen (secondary N) is 1. The van der Waals surface area contributed by atoms with E-state index in [2.05, 4.69) is 25.1 Å². The van der Waals surface area contributed by atoms with Crippen molar-refractivity contribution < 1.29 is 13.6 Å².